The van der Waals surface area contributed by atoms with Gasteiger partial charge in [-0.2, -0.15) is 0 Å². The molecule has 1 heterocycles. The normalized spacial score (nSPS) is 30.8. The van der Waals surface area contributed by atoms with Crippen LogP contribution in [0.4, 0.5) is 0 Å². The molecule has 19 heavy (non-hydrogen) atoms. The average Bonchev–Trinajstić information content (AvgIpc) is 2.48. The molecule has 1 nitrogen and oxygen atoms in total. The van der Waals surface area contributed by atoms with Gasteiger partial charge in [0.25, 0.3) is 0 Å². The van der Waals surface area contributed by atoms with Crippen LogP contribution in [0.3, 0.4) is 0 Å². The molecule has 1 heteroatoms. The molecule has 3 rings (SSSR count). The minimum atomic E-state index is 0.254. The van der Waals surface area contributed by atoms with Crippen LogP contribution in [0.25, 0.3) is 0 Å². The van der Waals surface area contributed by atoms with Crippen LogP contribution >= 0.6 is 0 Å². The second kappa shape index (κ2) is 3.85. The van der Waals surface area contributed by atoms with E-state index in [0.29, 0.717) is 5.92 Å². The summed E-state index contributed by atoms with van der Waals surface area (Å²) in [4.78, 5) is 0. The molecule has 2 aliphatic rings. The van der Waals surface area contributed by atoms with Gasteiger partial charge >= 0.3 is 0 Å². The number of hydrogen-bond donors (Lipinski definition) is 0. The molecule has 0 unspecified atom stereocenters. The molecule has 0 amide bonds. The number of rotatable bonds is 0. The van der Waals surface area contributed by atoms with Crippen molar-refractivity contribution in [1.82, 2.24) is 0 Å². The SMILES string of the molecule is C[C@H]1C(C)(C)c2cc3c(cc2C1(C)C)[C@H](C)OCC3. The van der Waals surface area contributed by atoms with E-state index >= 15 is 0 Å². The molecule has 1 aromatic rings. The molecule has 1 aliphatic heterocycles. The van der Waals surface area contributed by atoms with Gasteiger partial charge in [-0.05, 0) is 52.3 Å². The van der Waals surface area contributed by atoms with Crippen LogP contribution in [0.1, 0.15) is 69.9 Å². The summed E-state index contributed by atoms with van der Waals surface area (Å²) < 4.78 is 5.81. The molecule has 104 valence electrons. The van der Waals surface area contributed by atoms with Gasteiger partial charge < -0.3 is 4.74 Å². The van der Waals surface area contributed by atoms with Crippen molar-refractivity contribution in [2.45, 2.75) is 64.9 Å². The first-order valence-electron chi connectivity index (χ1n) is 7.55. The van der Waals surface area contributed by atoms with Crippen LogP contribution in [0.2, 0.25) is 0 Å². The van der Waals surface area contributed by atoms with Crippen molar-refractivity contribution >= 4 is 0 Å². The van der Waals surface area contributed by atoms with Crippen molar-refractivity contribution in [3.05, 3.63) is 34.4 Å². The number of benzene rings is 1. The molecular formula is C18H26O. The summed E-state index contributed by atoms with van der Waals surface area (Å²) in [6.07, 6.45) is 1.32. The third-order valence-corrected chi connectivity index (χ3v) is 6.01. The van der Waals surface area contributed by atoms with Crippen LogP contribution in [0.15, 0.2) is 12.1 Å². The molecule has 0 bridgehead atoms. The zero-order valence-corrected chi connectivity index (χ0v) is 13.1. The van der Waals surface area contributed by atoms with E-state index in [1.807, 2.05) is 0 Å². The summed E-state index contributed by atoms with van der Waals surface area (Å²) in [5, 5.41) is 0. The zero-order valence-electron chi connectivity index (χ0n) is 13.1. The van der Waals surface area contributed by atoms with E-state index in [0.717, 1.165) is 13.0 Å². The molecular weight excluding hydrogens is 232 g/mol. The smallest absolute Gasteiger partial charge is 0.0799 e. The Bertz CT molecular complexity index is 525. The highest BCUT2D eigenvalue weighted by Crippen LogP contribution is 2.54. The minimum Gasteiger partial charge on any atom is -0.373 e. The Balaban J connectivity index is 2.25. The van der Waals surface area contributed by atoms with E-state index in [-0.39, 0.29) is 16.9 Å². The molecule has 0 saturated carbocycles. The van der Waals surface area contributed by atoms with Crippen molar-refractivity contribution < 1.29 is 4.74 Å². The topological polar surface area (TPSA) is 9.23 Å². The first-order chi connectivity index (χ1) is 8.76. The first kappa shape index (κ1) is 13.2. The van der Waals surface area contributed by atoms with Crippen LogP contribution < -0.4 is 0 Å². The summed E-state index contributed by atoms with van der Waals surface area (Å²) in [5.74, 6) is 0.662. The second-order valence-corrected chi connectivity index (χ2v) is 7.52. The van der Waals surface area contributed by atoms with Gasteiger partial charge in [0.2, 0.25) is 0 Å². The van der Waals surface area contributed by atoms with E-state index < -0.39 is 0 Å². The Morgan fingerprint density at radius 2 is 1.58 bits per heavy atom. The molecule has 0 aromatic heterocycles. The molecule has 0 N–H and O–H groups in total. The average molecular weight is 258 g/mol. The summed E-state index contributed by atoms with van der Waals surface area (Å²) in [6.45, 7) is 15.0. The predicted molar refractivity (Wildman–Crippen MR) is 79.7 cm³/mol. The summed E-state index contributed by atoms with van der Waals surface area (Å²) in [5.41, 5.74) is 6.57. The quantitative estimate of drug-likeness (QED) is 0.664. The van der Waals surface area contributed by atoms with Gasteiger partial charge in [-0.1, -0.05) is 46.8 Å². The Kier molecular flexibility index (Phi) is 2.67. The fraction of sp³-hybridized carbons (Fsp3) is 0.667. The third-order valence-electron chi connectivity index (χ3n) is 6.01. The maximum absolute atomic E-state index is 5.81. The van der Waals surface area contributed by atoms with E-state index in [4.69, 9.17) is 4.74 Å². The van der Waals surface area contributed by atoms with E-state index in [2.05, 4.69) is 53.7 Å². The molecule has 0 spiro atoms. The Hall–Kier alpha value is -0.820. The van der Waals surface area contributed by atoms with E-state index in [1.165, 1.54) is 11.1 Å². The summed E-state index contributed by atoms with van der Waals surface area (Å²) in [7, 11) is 0. The maximum Gasteiger partial charge on any atom is 0.0799 e. The Morgan fingerprint density at radius 3 is 2.21 bits per heavy atom. The Labute approximate surface area is 117 Å². The van der Waals surface area contributed by atoms with Crippen molar-refractivity contribution in [2.24, 2.45) is 5.92 Å². The summed E-state index contributed by atoms with van der Waals surface area (Å²) in [6, 6.07) is 4.93. The van der Waals surface area contributed by atoms with Gasteiger partial charge in [0.1, 0.15) is 0 Å². The standard InChI is InChI=1S/C18H26O/c1-11-14-10-16-15(9-13(14)7-8-19-11)17(3,4)12(2)18(16,5)6/h9-12H,7-8H2,1-6H3/t11-,12-/m0/s1. The molecule has 0 fully saturated rings. The predicted octanol–water partition coefficient (Wildman–Crippen LogP) is 4.53. The number of hydrogen-bond acceptors (Lipinski definition) is 1. The number of fused-ring (bicyclic) bond motifs is 2. The molecule has 1 aliphatic carbocycles. The van der Waals surface area contributed by atoms with Gasteiger partial charge in [-0.3, -0.25) is 0 Å². The highest BCUT2D eigenvalue weighted by Gasteiger charge is 2.48. The molecule has 1 aromatic carbocycles. The molecule has 2 atom stereocenters. The van der Waals surface area contributed by atoms with Gasteiger partial charge in [-0.25, -0.2) is 0 Å². The Morgan fingerprint density at radius 1 is 1.00 bits per heavy atom. The lowest BCUT2D eigenvalue weighted by Crippen LogP contribution is -2.30. The van der Waals surface area contributed by atoms with E-state index in [1.54, 1.807) is 11.1 Å². The van der Waals surface area contributed by atoms with Crippen LogP contribution in [0, 0.1) is 5.92 Å². The first-order valence-corrected chi connectivity index (χ1v) is 7.55. The largest absolute Gasteiger partial charge is 0.373 e. The minimum absolute atomic E-state index is 0.254. The zero-order chi connectivity index (χ0) is 14.0. The molecule has 0 saturated heterocycles. The lowest BCUT2D eigenvalue weighted by atomic mass is 9.71. The van der Waals surface area contributed by atoms with Crippen molar-refractivity contribution in [3.63, 3.8) is 0 Å². The monoisotopic (exact) mass is 258 g/mol. The van der Waals surface area contributed by atoms with Crippen LogP contribution in [0.5, 0.6) is 0 Å². The fourth-order valence-corrected chi connectivity index (χ4v) is 4.13. The van der Waals surface area contributed by atoms with E-state index in [9.17, 15) is 0 Å². The van der Waals surface area contributed by atoms with Crippen LogP contribution in [-0.4, -0.2) is 6.61 Å². The summed E-state index contributed by atoms with van der Waals surface area (Å²) >= 11 is 0. The molecule has 0 radical (unpaired) electrons. The lowest BCUT2D eigenvalue weighted by molar-refractivity contribution is 0.0554. The van der Waals surface area contributed by atoms with Crippen molar-refractivity contribution in [3.8, 4) is 0 Å². The van der Waals surface area contributed by atoms with Gasteiger partial charge in [0.05, 0.1) is 12.7 Å². The maximum atomic E-state index is 5.81. The van der Waals surface area contributed by atoms with Crippen molar-refractivity contribution in [1.29, 1.82) is 0 Å². The lowest BCUT2D eigenvalue weighted by Gasteiger charge is -2.32. The second-order valence-electron chi connectivity index (χ2n) is 7.52. The van der Waals surface area contributed by atoms with Gasteiger partial charge in [-0.15, -0.1) is 0 Å². The van der Waals surface area contributed by atoms with Gasteiger partial charge in [0, 0.05) is 0 Å². The third kappa shape index (κ3) is 1.64. The fourth-order valence-electron chi connectivity index (χ4n) is 4.13. The highest BCUT2D eigenvalue weighted by molar-refractivity contribution is 5.51. The van der Waals surface area contributed by atoms with Crippen LogP contribution in [-0.2, 0) is 22.0 Å². The van der Waals surface area contributed by atoms with Gasteiger partial charge in [0.15, 0.2) is 0 Å². The van der Waals surface area contributed by atoms with Crippen molar-refractivity contribution in [2.75, 3.05) is 6.61 Å². The highest BCUT2D eigenvalue weighted by atomic mass is 16.5. The number of ether oxygens (including phenoxy) is 1.